The molecule has 0 spiro atoms. The van der Waals surface area contributed by atoms with E-state index in [-0.39, 0.29) is 48.4 Å². The van der Waals surface area contributed by atoms with Gasteiger partial charge in [0, 0.05) is 38.9 Å². The Morgan fingerprint density at radius 3 is 2.31 bits per heavy atom. The van der Waals surface area contributed by atoms with Crippen LogP contribution in [-0.4, -0.2) is 84.2 Å². The van der Waals surface area contributed by atoms with Gasteiger partial charge in [0.05, 0.1) is 17.9 Å². The number of rotatable bonds is 5. The minimum absolute atomic E-state index is 0. The van der Waals surface area contributed by atoms with Crippen LogP contribution in [0.2, 0.25) is 0 Å². The summed E-state index contributed by atoms with van der Waals surface area (Å²) in [6.45, 7) is 0.232. The molecule has 5 rings (SSSR count). The van der Waals surface area contributed by atoms with E-state index in [0.717, 1.165) is 55.3 Å². The molecule has 2 heterocycles. The van der Waals surface area contributed by atoms with Crippen LogP contribution in [0.1, 0.15) is 47.9 Å². The van der Waals surface area contributed by atoms with Gasteiger partial charge in [-0.3, -0.25) is 9.48 Å². The van der Waals surface area contributed by atoms with E-state index in [9.17, 15) is 18.0 Å². The summed E-state index contributed by atoms with van der Waals surface area (Å²) in [6, 6.07) is 0.973. The molecule has 1 unspecified atom stereocenters. The zero-order valence-corrected chi connectivity index (χ0v) is 20.3. The first-order chi connectivity index (χ1) is 16.2. The molecule has 2 aromatic rings. The average molecular weight is 511 g/mol. The van der Waals surface area contributed by atoms with Crippen LogP contribution in [0.25, 0.3) is 0 Å². The number of nitrogens with one attached hydrogen (secondary N) is 2. The Hall–Kier alpha value is -2.08. The third kappa shape index (κ3) is 5.09. The summed E-state index contributed by atoms with van der Waals surface area (Å²) in [7, 11) is -0.922. The molecule has 1 aromatic carbocycles. The van der Waals surface area contributed by atoms with E-state index >= 15 is 0 Å². The number of amides is 3. The summed E-state index contributed by atoms with van der Waals surface area (Å²) >= 11 is 0. The molecule has 184 valence electrons. The molecule has 0 bridgehead atoms. The van der Waals surface area contributed by atoms with Crippen molar-refractivity contribution >= 4 is 63.1 Å². The summed E-state index contributed by atoms with van der Waals surface area (Å²) in [6.07, 6.45) is 9.45. The predicted octanol–water partition coefficient (Wildman–Crippen LogP) is 1.24. The molecular formula is C23H31N6NaO4S. The van der Waals surface area contributed by atoms with Crippen molar-refractivity contribution in [1.29, 1.82) is 0 Å². The van der Waals surface area contributed by atoms with Gasteiger partial charge < -0.3 is 10.2 Å². The van der Waals surface area contributed by atoms with Crippen molar-refractivity contribution in [1.82, 2.24) is 19.4 Å². The Labute approximate surface area is 227 Å². The number of anilines is 2. The number of hydrogen-bond donors (Lipinski definition) is 2. The second kappa shape index (κ2) is 10.1. The van der Waals surface area contributed by atoms with Gasteiger partial charge >= 0.3 is 45.8 Å². The van der Waals surface area contributed by atoms with E-state index in [4.69, 9.17) is 0 Å². The van der Waals surface area contributed by atoms with Crippen LogP contribution in [0.4, 0.5) is 16.2 Å². The standard InChI is InChI=1S/C23H30N6O4S.Na.H/c1-27-13-17(9-10-21(27)30)29(18-12-24-28(2)14-18)34(32,33)26-23(31)25-22-19-7-3-5-15(19)11-16-6-4-8-20(16)22;;/h11-12,14,17H,3-10,13H2,1-2H3,(H2,25,26,31);;. The monoisotopic (exact) mass is 510 g/mol. The average Bonchev–Trinajstić information content (AvgIpc) is 3.51. The predicted molar refractivity (Wildman–Crippen MR) is 135 cm³/mol. The zero-order valence-electron chi connectivity index (χ0n) is 19.5. The van der Waals surface area contributed by atoms with Crippen molar-refractivity contribution < 1.29 is 18.0 Å². The molecule has 3 amide bonds. The van der Waals surface area contributed by atoms with Crippen molar-refractivity contribution in [2.45, 2.75) is 57.4 Å². The van der Waals surface area contributed by atoms with Crippen LogP contribution in [0.5, 0.6) is 0 Å². The Kier molecular flexibility index (Phi) is 7.51. The minimum atomic E-state index is -4.27. The number of aromatic nitrogens is 2. The summed E-state index contributed by atoms with van der Waals surface area (Å²) in [5.41, 5.74) is 5.90. The molecule has 2 aliphatic carbocycles. The fourth-order valence-corrected chi connectivity index (χ4v) is 6.84. The number of aryl methyl sites for hydroxylation is 3. The Morgan fingerprint density at radius 2 is 1.74 bits per heavy atom. The van der Waals surface area contributed by atoms with Crippen LogP contribution < -0.4 is 14.3 Å². The number of likely N-dealkylation sites (N-methyl/N-ethyl adjacent to an activating group) is 1. The van der Waals surface area contributed by atoms with Crippen molar-refractivity contribution in [2.24, 2.45) is 7.05 Å². The fourth-order valence-electron chi connectivity index (χ4n) is 5.52. The van der Waals surface area contributed by atoms with E-state index in [1.165, 1.54) is 31.2 Å². The Balaban J connectivity index is 0.00000289. The Morgan fingerprint density at radius 1 is 1.09 bits per heavy atom. The van der Waals surface area contributed by atoms with Gasteiger partial charge in [-0.1, -0.05) is 6.07 Å². The van der Waals surface area contributed by atoms with Gasteiger partial charge in [-0.05, 0) is 67.2 Å². The second-order valence-electron chi connectivity index (χ2n) is 9.43. The molecule has 1 atom stereocenters. The molecule has 35 heavy (non-hydrogen) atoms. The first kappa shape index (κ1) is 26.0. The molecule has 1 aliphatic heterocycles. The molecule has 0 radical (unpaired) electrons. The number of fused-ring (bicyclic) bond motifs is 2. The van der Waals surface area contributed by atoms with Gasteiger partial charge in [-0.2, -0.15) is 13.5 Å². The molecule has 10 nitrogen and oxygen atoms in total. The number of carbonyl (C=O) groups excluding carboxylic acids is 2. The second-order valence-corrected chi connectivity index (χ2v) is 11.0. The molecule has 1 saturated heterocycles. The number of likely N-dealkylation sites (tertiary alicyclic amines) is 1. The summed E-state index contributed by atoms with van der Waals surface area (Å²) in [4.78, 5) is 26.6. The summed E-state index contributed by atoms with van der Waals surface area (Å²) < 4.78 is 31.9. The molecule has 2 N–H and O–H groups in total. The van der Waals surface area contributed by atoms with Crippen LogP contribution >= 0.6 is 0 Å². The number of piperidine rings is 1. The molecule has 3 aliphatic rings. The van der Waals surface area contributed by atoms with E-state index in [1.54, 1.807) is 20.3 Å². The number of urea groups is 1. The third-order valence-electron chi connectivity index (χ3n) is 7.07. The van der Waals surface area contributed by atoms with Gasteiger partial charge in [-0.15, -0.1) is 0 Å². The maximum atomic E-state index is 13.5. The normalized spacial score (nSPS) is 19.1. The number of nitrogens with zero attached hydrogens (tertiary/aromatic N) is 4. The number of benzene rings is 1. The van der Waals surface area contributed by atoms with Crippen LogP contribution in [-0.2, 0) is 47.7 Å². The van der Waals surface area contributed by atoms with Crippen molar-refractivity contribution in [2.75, 3.05) is 23.2 Å². The quantitative estimate of drug-likeness (QED) is 0.587. The molecule has 0 saturated carbocycles. The van der Waals surface area contributed by atoms with Gasteiger partial charge in [0.15, 0.2) is 0 Å². The van der Waals surface area contributed by atoms with E-state index < -0.39 is 22.3 Å². The van der Waals surface area contributed by atoms with Crippen molar-refractivity contribution in [3.8, 4) is 0 Å². The zero-order chi connectivity index (χ0) is 24.0. The SMILES string of the molecule is CN1CC(N(c2cnn(C)c2)S(=O)(=O)NC(=O)Nc2c3c(cc4c2CCC4)CCC3)CCC1=O.[NaH]. The molecule has 1 aromatic heterocycles. The van der Waals surface area contributed by atoms with Crippen LogP contribution in [0.3, 0.4) is 0 Å². The van der Waals surface area contributed by atoms with Crippen molar-refractivity contribution in [3.63, 3.8) is 0 Å². The fraction of sp³-hybridized carbons (Fsp3) is 0.522. The van der Waals surface area contributed by atoms with Gasteiger partial charge in [0.2, 0.25) is 5.91 Å². The van der Waals surface area contributed by atoms with Gasteiger partial charge in [-0.25, -0.2) is 13.8 Å². The molecule has 1 fully saturated rings. The third-order valence-corrected chi connectivity index (χ3v) is 8.54. The molecule has 12 heteroatoms. The van der Waals surface area contributed by atoms with Crippen molar-refractivity contribution in [3.05, 3.63) is 40.7 Å². The van der Waals surface area contributed by atoms with Crippen LogP contribution in [0, 0.1) is 0 Å². The topological polar surface area (TPSA) is 117 Å². The Bertz CT molecular complexity index is 1230. The van der Waals surface area contributed by atoms with E-state index in [1.807, 2.05) is 0 Å². The maximum absolute atomic E-state index is 13.5. The summed E-state index contributed by atoms with van der Waals surface area (Å²) in [5, 5.41) is 6.99. The van der Waals surface area contributed by atoms with E-state index in [2.05, 4.69) is 21.2 Å². The number of hydrogen-bond acceptors (Lipinski definition) is 5. The first-order valence-electron chi connectivity index (χ1n) is 11.7. The van der Waals surface area contributed by atoms with Crippen LogP contribution in [0.15, 0.2) is 18.5 Å². The number of carbonyl (C=O) groups is 2. The van der Waals surface area contributed by atoms with Gasteiger partial charge in [0.1, 0.15) is 0 Å². The summed E-state index contributed by atoms with van der Waals surface area (Å²) in [5.74, 6) is -0.0303. The first-order valence-corrected chi connectivity index (χ1v) is 13.2. The molecular weight excluding hydrogens is 479 g/mol. The van der Waals surface area contributed by atoms with Gasteiger partial charge in [0.25, 0.3) is 0 Å². The van der Waals surface area contributed by atoms with E-state index in [0.29, 0.717) is 12.1 Å².